The number of carbonyl (C=O) groups is 3. The molecule has 0 bridgehead atoms. The lowest BCUT2D eigenvalue weighted by atomic mass is 10.00. The van der Waals surface area contributed by atoms with Gasteiger partial charge in [-0.3, -0.25) is 24.5 Å². The van der Waals surface area contributed by atoms with E-state index in [0.29, 0.717) is 17.2 Å². The summed E-state index contributed by atoms with van der Waals surface area (Å²) in [7, 11) is 0. The third-order valence-electron chi connectivity index (χ3n) is 5.53. The molecule has 2 heterocycles. The highest BCUT2D eigenvalue weighted by atomic mass is 32.1. The number of carbonyl (C=O) groups excluding carboxylic acids is 3. The van der Waals surface area contributed by atoms with Gasteiger partial charge in [0.1, 0.15) is 10.9 Å². The van der Waals surface area contributed by atoms with Gasteiger partial charge in [-0.1, -0.05) is 48.5 Å². The number of hydrogen-bond acceptors (Lipinski definition) is 6. The molecule has 3 aromatic carbocycles. The highest BCUT2D eigenvalue weighted by molar-refractivity contribution is 7.13. The van der Waals surface area contributed by atoms with Crippen LogP contribution in [0.3, 0.4) is 0 Å². The van der Waals surface area contributed by atoms with E-state index in [2.05, 4.69) is 4.98 Å². The first-order chi connectivity index (χ1) is 15.0. The van der Waals surface area contributed by atoms with Crippen LogP contribution in [0.2, 0.25) is 0 Å². The maximum absolute atomic E-state index is 13.1. The van der Waals surface area contributed by atoms with Crippen LogP contribution >= 0.6 is 11.3 Å². The summed E-state index contributed by atoms with van der Waals surface area (Å²) >= 11 is 1.44. The first-order valence-electron chi connectivity index (χ1n) is 9.81. The Labute approximate surface area is 180 Å². The minimum absolute atomic E-state index is 0.0235. The summed E-state index contributed by atoms with van der Waals surface area (Å²) in [5.41, 5.74) is 1.55. The smallest absolute Gasteiger partial charge is 0.289 e. The van der Waals surface area contributed by atoms with Crippen molar-refractivity contribution in [2.24, 2.45) is 5.92 Å². The minimum Gasteiger partial charge on any atom is -0.289 e. The third kappa shape index (κ3) is 3.43. The highest BCUT2D eigenvalue weighted by Gasteiger charge is 2.39. The Morgan fingerprint density at radius 2 is 1.65 bits per heavy atom. The first-order valence-corrected chi connectivity index (χ1v) is 10.7. The summed E-state index contributed by atoms with van der Waals surface area (Å²) in [6.07, 6.45) is 0.650. The molecule has 1 fully saturated rings. The standard InChI is InChI=1S/C24H16N2O4S/c27-20-17-4-2-1-3-13(17)5-6-14-7-8-15(11-19(14)20)24-25-16(12-31-24)9-10-18-21(28)23(30)26-22(18)29/h1-8,11-12,18H,9-10H2,(H,26,29,30). The third-order valence-corrected chi connectivity index (χ3v) is 6.47. The van der Waals surface area contributed by atoms with E-state index in [-0.39, 0.29) is 11.8 Å². The molecule has 1 atom stereocenters. The van der Waals surface area contributed by atoms with Gasteiger partial charge in [-0.05, 0) is 29.7 Å². The number of amides is 2. The summed E-state index contributed by atoms with van der Waals surface area (Å²) in [5.74, 6) is -2.99. The Hall–Kier alpha value is -3.71. The Kier molecular flexibility index (Phi) is 4.67. The largest absolute Gasteiger partial charge is 0.294 e. The number of rotatable bonds is 4. The van der Waals surface area contributed by atoms with Crippen molar-refractivity contribution in [1.29, 1.82) is 0 Å². The van der Waals surface area contributed by atoms with Gasteiger partial charge in [0.05, 0.1) is 5.69 Å². The molecule has 6 nitrogen and oxygen atoms in total. The van der Waals surface area contributed by atoms with Crippen LogP contribution in [-0.2, 0) is 20.8 Å². The number of nitrogens with one attached hydrogen (secondary N) is 1. The van der Waals surface area contributed by atoms with Crippen molar-refractivity contribution >= 4 is 50.5 Å². The van der Waals surface area contributed by atoms with Crippen molar-refractivity contribution in [2.45, 2.75) is 12.8 Å². The fourth-order valence-electron chi connectivity index (χ4n) is 3.85. The molecule has 1 aliphatic heterocycles. The average molecular weight is 428 g/mol. The molecule has 0 aliphatic carbocycles. The molecule has 0 saturated carbocycles. The van der Waals surface area contributed by atoms with E-state index >= 15 is 0 Å². The average Bonchev–Trinajstić information content (AvgIpc) is 3.30. The summed E-state index contributed by atoms with van der Waals surface area (Å²) in [5, 5.41) is 7.72. The lowest BCUT2D eigenvalue weighted by Crippen LogP contribution is -2.22. The SMILES string of the molecule is O=C1NC(=O)C(CCc2csc(-c3ccc4ccc5ccccc5c(=O)c4c3)n2)C1=O. The van der Waals surface area contributed by atoms with E-state index in [1.807, 2.05) is 65.3 Å². The number of aromatic nitrogens is 1. The van der Waals surface area contributed by atoms with Gasteiger partial charge in [-0.25, -0.2) is 4.98 Å². The van der Waals surface area contributed by atoms with Gasteiger partial charge in [0.2, 0.25) is 11.7 Å². The van der Waals surface area contributed by atoms with E-state index in [9.17, 15) is 19.2 Å². The van der Waals surface area contributed by atoms with Crippen LogP contribution in [0.5, 0.6) is 0 Å². The van der Waals surface area contributed by atoms with Crippen LogP contribution in [0.25, 0.3) is 32.1 Å². The molecule has 4 aromatic rings. The number of fused-ring (bicyclic) bond motifs is 2. The molecule has 1 aliphatic rings. The Morgan fingerprint density at radius 3 is 2.42 bits per heavy atom. The van der Waals surface area contributed by atoms with Crippen molar-refractivity contribution in [1.82, 2.24) is 10.3 Å². The molecular formula is C24H16N2O4S. The van der Waals surface area contributed by atoms with Gasteiger partial charge in [0.15, 0.2) is 5.43 Å². The second-order valence-electron chi connectivity index (χ2n) is 7.47. The molecule has 0 radical (unpaired) electrons. The zero-order chi connectivity index (χ0) is 21.5. The van der Waals surface area contributed by atoms with E-state index in [0.717, 1.165) is 27.0 Å². The number of Topliss-reactive ketones (excluding diaryl/α,β-unsaturated/α-hetero) is 1. The van der Waals surface area contributed by atoms with Crippen molar-refractivity contribution in [2.75, 3.05) is 0 Å². The monoisotopic (exact) mass is 428 g/mol. The fraction of sp³-hybridized carbons (Fsp3) is 0.125. The second-order valence-corrected chi connectivity index (χ2v) is 8.33. The lowest BCUT2D eigenvalue weighted by Gasteiger charge is -2.02. The van der Waals surface area contributed by atoms with Crippen LogP contribution in [0.1, 0.15) is 12.1 Å². The topological polar surface area (TPSA) is 93.2 Å². The Bertz CT molecular complexity index is 1460. The molecular weight excluding hydrogens is 412 g/mol. The predicted octanol–water partition coefficient (Wildman–Crippen LogP) is 3.25. The van der Waals surface area contributed by atoms with Crippen LogP contribution in [0.15, 0.2) is 64.8 Å². The number of nitrogens with zero attached hydrogens (tertiary/aromatic N) is 1. The van der Waals surface area contributed by atoms with E-state index in [1.165, 1.54) is 11.3 Å². The molecule has 2 amide bonds. The number of benzene rings is 2. The first kappa shape index (κ1) is 19.3. The van der Waals surface area contributed by atoms with Gasteiger partial charge in [-0.15, -0.1) is 11.3 Å². The van der Waals surface area contributed by atoms with Crippen molar-refractivity contribution in [3.8, 4) is 10.6 Å². The van der Waals surface area contributed by atoms with Gasteiger partial charge in [-0.2, -0.15) is 0 Å². The molecule has 1 unspecified atom stereocenters. The van der Waals surface area contributed by atoms with Crippen molar-refractivity contribution < 1.29 is 14.4 Å². The number of thiazole rings is 1. The van der Waals surface area contributed by atoms with E-state index in [1.54, 1.807) is 0 Å². The summed E-state index contributed by atoms with van der Waals surface area (Å²) in [4.78, 5) is 52.5. The number of imide groups is 1. The van der Waals surface area contributed by atoms with Gasteiger partial charge >= 0.3 is 0 Å². The van der Waals surface area contributed by atoms with Crippen LogP contribution < -0.4 is 10.7 Å². The predicted molar refractivity (Wildman–Crippen MR) is 119 cm³/mol. The number of ketones is 1. The molecule has 31 heavy (non-hydrogen) atoms. The molecule has 7 heteroatoms. The van der Waals surface area contributed by atoms with Crippen LogP contribution in [0, 0.1) is 5.92 Å². The number of hydrogen-bond donors (Lipinski definition) is 1. The van der Waals surface area contributed by atoms with Crippen LogP contribution in [-0.4, -0.2) is 22.6 Å². The van der Waals surface area contributed by atoms with E-state index < -0.39 is 23.5 Å². The van der Waals surface area contributed by atoms with Gasteiger partial charge in [0.25, 0.3) is 5.91 Å². The summed E-state index contributed by atoms with van der Waals surface area (Å²) < 4.78 is 0. The van der Waals surface area contributed by atoms with Crippen molar-refractivity contribution in [3.63, 3.8) is 0 Å². The van der Waals surface area contributed by atoms with Crippen molar-refractivity contribution in [3.05, 3.63) is 75.9 Å². The summed E-state index contributed by atoms with van der Waals surface area (Å²) in [6.45, 7) is 0. The molecule has 1 saturated heterocycles. The van der Waals surface area contributed by atoms with Gasteiger partial charge in [0, 0.05) is 21.7 Å². The second kappa shape index (κ2) is 7.52. The minimum atomic E-state index is -0.936. The van der Waals surface area contributed by atoms with Gasteiger partial charge < -0.3 is 0 Å². The molecule has 1 aromatic heterocycles. The zero-order valence-electron chi connectivity index (χ0n) is 16.3. The quantitative estimate of drug-likeness (QED) is 0.306. The maximum Gasteiger partial charge on any atom is 0.294 e. The normalized spacial score (nSPS) is 16.3. The zero-order valence-corrected chi connectivity index (χ0v) is 17.1. The Balaban J connectivity index is 1.46. The fourth-order valence-corrected chi connectivity index (χ4v) is 4.70. The Morgan fingerprint density at radius 1 is 0.903 bits per heavy atom. The molecule has 1 N–H and O–H groups in total. The van der Waals surface area contributed by atoms with E-state index in [4.69, 9.17) is 0 Å². The molecule has 0 spiro atoms. The van der Waals surface area contributed by atoms with Crippen LogP contribution in [0.4, 0.5) is 0 Å². The highest BCUT2D eigenvalue weighted by Crippen LogP contribution is 2.28. The lowest BCUT2D eigenvalue weighted by molar-refractivity contribution is -0.136. The molecule has 5 rings (SSSR count). The number of aryl methyl sites for hydroxylation is 1. The maximum atomic E-state index is 13.1. The summed E-state index contributed by atoms with van der Waals surface area (Å²) in [6, 6.07) is 17.1. The molecule has 152 valence electrons.